The number of hydrogen-bond acceptors (Lipinski definition) is 7. The SMILES string of the molecule is C[C@@]1(COC(N)=O)CC2/C(=C\c3cc(CNC(c4ccccc4)(c4ccccc4)c4ccccc4)ccn3)C(=O)N2[C@H]1C(=O)OC(c1ccccc1)c1ccccc1. The third kappa shape index (κ3) is 7.40. The molecule has 1 unspecified atom stereocenters. The highest BCUT2D eigenvalue weighted by atomic mass is 16.6. The van der Waals surface area contributed by atoms with Gasteiger partial charge in [-0.25, -0.2) is 9.59 Å². The Morgan fingerprint density at radius 3 is 1.81 bits per heavy atom. The summed E-state index contributed by atoms with van der Waals surface area (Å²) in [6, 6.07) is 52.6. The number of rotatable bonds is 13. The molecule has 2 fully saturated rings. The van der Waals surface area contributed by atoms with Crippen LogP contribution >= 0.6 is 0 Å². The average Bonchev–Trinajstić information content (AvgIpc) is 3.55. The van der Waals surface area contributed by atoms with Gasteiger partial charge in [-0.15, -0.1) is 0 Å². The van der Waals surface area contributed by atoms with Gasteiger partial charge in [-0.1, -0.05) is 159 Å². The van der Waals surface area contributed by atoms with Crippen LogP contribution in [0.15, 0.2) is 176 Å². The molecule has 0 bridgehead atoms. The number of β-lactam (4-membered cyclic amide) rings is 1. The number of amides is 2. The molecule has 3 heterocycles. The van der Waals surface area contributed by atoms with Gasteiger partial charge in [0.1, 0.15) is 12.6 Å². The third-order valence-corrected chi connectivity index (χ3v) is 11.3. The van der Waals surface area contributed by atoms with Gasteiger partial charge >= 0.3 is 12.1 Å². The van der Waals surface area contributed by atoms with Gasteiger partial charge in [0.25, 0.3) is 5.91 Å². The number of primary amides is 1. The first-order valence-electron chi connectivity index (χ1n) is 19.4. The number of ether oxygens (including phenoxy) is 2. The lowest BCUT2D eigenvalue weighted by Crippen LogP contribution is -2.58. The molecule has 3 N–H and O–H groups in total. The van der Waals surface area contributed by atoms with Crippen molar-refractivity contribution in [3.05, 3.63) is 215 Å². The monoisotopic (exact) mass is 768 g/mol. The van der Waals surface area contributed by atoms with Gasteiger partial charge in [0.05, 0.1) is 17.3 Å². The first-order valence-corrected chi connectivity index (χ1v) is 19.4. The molecule has 0 radical (unpaired) electrons. The zero-order valence-electron chi connectivity index (χ0n) is 32.1. The summed E-state index contributed by atoms with van der Waals surface area (Å²) in [5.74, 6) is -0.889. The smallest absolute Gasteiger partial charge is 0.404 e. The molecule has 58 heavy (non-hydrogen) atoms. The summed E-state index contributed by atoms with van der Waals surface area (Å²) in [4.78, 5) is 46.5. The van der Waals surface area contributed by atoms with E-state index < -0.39 is 41.2 Å². The quantitative estimate of drug-likeness (QED) is 0.0529. The number of nitrogens with one attached hydrogen (secondary N) is 1. The molecule has 2 saturated heterocycles. The lowest BCUT2D eigenvalue weighted by molar-refractivity contribution is -0.163. The molecular weight excluding hydrogens is 725 g/mol. The van der Waals surface area contributed by atoms with E-state index in [1.165, 1.54) is 0 Å². The molecule has 3 atom stereocenters. The molecule has 2 aliphatic heterocycles. The lowest BCUT2D eigenvalue weighted by Gasteiger charge is -2.41. The lowest BCUT2D eigenvalue weighted by atomic mass is 9.77. The summed E-state index contributed by atoms with van der Waals surface area (Å²) < 4.78 is 11.6. The number of carbonyl (C=O) groups is 3. The highest BCUT2D eigenvalue weighted by Gasteiger charge is 2.63. The minimum atomic E-state index is -1.03. The topological polar surface area (TPSA) is 124 Å². The predicted molar refractivity (Wildman–Crippen MR) is 222 cm³/mol. The summed E-state index contributed by atoms with van der Waals surface area (Å²) >= 11 is 0. The van der Waals surface area contributed by atoms with E-state index in [0.717, 1.165) is 33.4 Å². The summed E-state index contributed by atoms with van der Waals surface area (Å²) in [6.07, 6.45) is 2.22. The molecule has 0 aliphatic carbocycles. The second-order valence-corrected chi connectivity index (χ2v) is 15.1. The Kier molecular flexibility index (Phi) is 10.7. The molecule has 5 aromatic carbocycles. The molecule has 9 nitrogen and oxygen atoms in total. The summed E-state index contributed by atoms with van der Waals surface area (Å²) in [7, 11) is 0. The Bertz CT molecular complexity index is 2280. The van der Waals surface area contributed by atoms with Crippen molar-refractivity contribution in [2.24, 2.45) is 11.1 Å². The van der Waals surface area contributed by atoms with Gasteiger partial charge in [0, 0.05) is 23.7 Å². The van der Waals surface area contributed by atoms with E-state index in [4.69, 9.17) is 15.2 Å². The number of aromatic nitrogens is 1. The standard InChI is InChI=1S/C49H44N4O5/c1-48(33-57-47(50)56)31-42-41(45(54)53(42)44(48)46(55)58-43(35-17-7-2-8-18-35)36-19-9-3-10-20-36)30-40-29-34(27-28-51-40)32-52-49(37-21-11-4-12-22-37,38-23-13-5-14-24-38)39-25-15-6-16-26-39/h2-30,42-44,52H,31-33H2,1H3,(H2,50,56)/b41-30+/t42?,44-,48-/m0/s1. The van der Waals surface area contributed by atoms with E-state index in [1.807, 2.05) is 97.9 Å². The van der Waals surface area contributed by atoms with Gasteiger partial charge in [-0.3, -0.25) is 15.1 Å². The third-order valence-electron chi connectivity index (χ3n) is 11.3. The van der Waals surface area contributed by atoms with Crippen LogP contribution in [0.4, 0.5) is 4.79 Å². The molecule has 9 heteroatoms. The average molecular weight is 769 g/mol. The van der Waals surface area contributed by atoms with Crippen LogP contribution in [0.1, 0.15) is 58.5 Å². The molecule has 8 rings (SSSR count). The van der Waals surface area contributed by atoms with Crippen LogP contribution in [0.2, 0.25) is 0 Å². The zero-order chi connectivity index (χ0) is 40.1. The van der Waals surface area contributed by atoms with E-state index in [-0.39, 0.29) is 12.5 Å². The fraction of sp³-hybridized carbons (Fsp3) is 0.184. The summed E-state index contributed by atoms with van der Waals surface area (Å²) in [5, 5.41) is 3.92. The van der Waals surface area contributed by atoms with E-state index in [1.54, 1.807) is 17.2 Å². The number of pyridine rings is 1. The molecule has 2 amide bonds. The largest absolute Gasteiger partial charge is 0.451 e. The number of hydrogen-bond donors (Lipinski definition) is 2. The Labute approximate surface area is 338 Å². The van der Waals surface area contributed by atoms with Crippen molar-refractivity contribution in [3.63, 3.8) is 0 Å². The number of benzene rings is 5. The molecule has 0 saturated carbocycles. The van der Waals surface area contributed by atoms with Gasteiger partial charge in [-0.05, 0) is 58.0 Å². The van der Waals surface area contributed by atoms with Crippen LogP contribution in [0, 0.1) is 5.41 Å². The maximum atomic E-state index is 14.3. The number of esters is 1. The van der Waals surface area contributed by atoms with Crippen LogP contribution in [-0.2, 0) is 31.1 Å². The van der Waals surface area contributed by atoms with Crippen LogP contribution in [0.25, 0.3) is 6.08 Å². The van der Waals surface area contributed by atoms with Gasteiger partial charge < -0.3 is 20.1 Å². The van der Waals surface area contributed by atoms with Gasteiger partial charge in [0.2, 0.25) is 0 Å². The minimum Gasteiger partial charge on any atom is -0.451 e. The minimum absolute atomic E-state index is 0.164. The number of nitrogens with two attached hydrogens (primary N) is 1. The second-order valence-electron chi connectivity index (χ2n) is 15.1. The molecule has 1 aromatic heterocycles. The van der Waals surface area contributed by atoms with Crippen molar-refractivity contribution in [1.82, 2.24) is 15.2 Å². The molecule has 6 aromatic rings. The molecule has 0 spiro atoms. The van der Waals surface area contributed by atoms with E-state index in [0.29, 0.717) is 24.2 Å². The second kappa shape index (κ2) is 16.3. The number of fused-ring (bicyclic) bond motifs is 1. The highest BCUT2D eigenvalue weighted by Crippen LogP contribution is 2.51. The first kappa shape index (κ1) is 38.1. The van der Waals surface area contributed by atoms with Crippen LogP contribution in [0.3, 0.4) is 0 Å². The first-order chi connectivity index (χ1) is 28.3. The van der Waals surface area contributed by atoms with Gasteiger partial charge in [0.15, 0.2) is 6.10 Å². The zero-order valence-corrected chi connectivity index (χ0v) is 32.1. The normalized spacial score (nSPS) is 19.4. The highest BCUT2D eigenvalue weighted by molar-refractivity contribution is 6.08. The van der Waals surface area contributed by atoms with Crippen molar-refractivity contribution < 1.29 is 23.9 Å². The van der Waals surface area contributed by atoms with E-state index in [2.05, 4.69) is 83.1 Å². The molecule has 290 valence electrons. The van der Waals surface area contributed by atoms with Crippen molar-refractivity contribution in [2.45, 2.75) is 43.6 Å². The van der Waals surface area contributed by atoms with Crippen LogP contribution < -0.4 is 11.1 Å². The molecule has 2 aliphatic rings. The van der Waals surface area contributed by atoms with Crippen molar-refractivity contribution in [1.29, 1.82) is 0 Å². The van der Waals surface area contributed by atoms with Crippen molar-refractivity contribution in [3.8, 4) is 0 Å². The summed E-state index contributed by atoms with van der Waals surface area (Å²) in [6.45, 7) is 2.15. The van der Waals surface area contributed by atoms with Crippen LogP contribution in [-0.4, -0.2) is 46.5 Å². The number of nitrogens with zero attached hydrogens (tertiary/aromatic N) is 2. The molecular formula is C49H44N4O5. The fourth-order valence-corrected chi connectivity index (χ4v) is 8.55. The van der Waals surface area contributed by atoms with E-state index in [9.17, 15) is 14.4 Å². The van der Waals surface area contributed by atoms with Crippen LogP contribution in [0.5, 0.6) is 0 Å². The Hall–Kier alpha value is -6.84. The van der Waals surface area contributed by atoms with Gasteiger partial charge in [-0.2, -0.15) is 0 Å². The fourth-order valence-electron chi connectivity index (χ4n) is 8.55. The summed E-state index contributed by atoms with van der Waals surface area (Å²) in [5.41, 5.74) is 10.7. The van der Waals surface area contributed by atoms with Crippen molar-refractivity contribution in [2.75, 3.05) is 6.61 Å². The predicted octanol–water partition coefficient (Wildman–Crippen LogP) is 7.96. The van der Waals surface area contributed by atoms with Crippen molar-refractivity contribution >= 4 is 24.0 Å². The van der Waals surface area contributed by atoms with E-state index >= 15 is 0 Å². The Morgan fingerprint density at radius 2 is 1.31 bits per heavy atom. The number of carbonyl (C=O) groups excluding carboxylic acids is 3. The maximum absolute atomic E-state index is 14.3. The Balaban J connectivity index is 1.08. The maximum Gasteiger partial charge on any atom is 0.404 e. The Morgan fingerprint density at radius 1 is 0.810 bits per heavy atom.